The molecule has 0 aromatic carbocycles. The molecule has 0 aliphatic carbocycles. The van der Waals surface area contributed by atoms with Crippen LogP contribution in [0.5, 0.6) is 5.88 Å². The van der Waals surface area contributed by atoms with E-state index in [2.05, 4.69) is 30.0 Å². The largest absolute Gasteiger partial charge is 0.478 e. The topological polar surface area (TPSA) is 39.9 Å². The van der Waals surface area contributed by atoms with Gasteiger partial charge in [0.1, 0.15) is 0 Å². The zero-order chi connectivity index (χ0) is 13.1. The molecule has 96 valence electrons. The molecule has 0 bridgehead atoms. The van der Waals surface area contributed by atoms with Gasteiger partial charge in [-0.15, -0.1) is 0 Å². The molecular weight excluding hydrogens is 226 g/mol. The number of rotatable bonds is 4. The van der Waals surface area contributed by atoms with E-state index in [0.29, 0.717) is 12.5 Å². The van der Waals surface area contributed by atoms with Gasteiger partial charge in [-0.25, -0.2) is 4.98 Å². The standard InChI is InChI=1S/C14H19N3O/c1-5-18-14-12(10(2)3)8-11(9-15-14)13-6-7-17(4)16-13/h6-10H,5H2,1-4H3. The van der Waals surface area contributed by atoms with Crippen molar-refractivity contribution in [1.82, 2.24) is 14.8 Å². The maximum atomic E-state index is 5.56. The van der Waals surface area contributed by atoms with Gasteiger partial charge in [0.2, 0.25) is 5.88 Å². The second-order valence-corrected chi connectivity index (χ2v) is 4.58. The van der Waals surface area contributed by atoms with E-state index in [1.165, 1.54) is 0 Å². The second kappa shape index (κ2) is 5.21. The van der Waals surface area contributed by atoms with Gasteiger partial charge in [0.05, 0.1) is 12.3 Å². The van der Waals surface area contributed by atoms with Gasteiger partial charge < -0.3 is 4.74 Å². The fraction of sp³-hybridized carbons (Fsp3) is 0.429. The molecule has 0 atom stereocenters. The monoisotopic (exact) mass is 245 g/mol. The average Bonchev–Trinajstić information content (AvgIpc) is 2.76. The van der Waals surface area contributed by atoms with Crippen molar-refractivity contribution >= 4 is 0 Å². The first-order valence-electron chi connectivity index (χ1n) is 6.24. The highest BCUT2D eigenvalue weighted by Crippen LogP contribution is 2.28. The van der Waals surface area contributed by atoms with Crippen molar-refractivity contribution in [2.75, 3.05) is 6.61 Å². The molecule has 0 amide bonds. The van der Waals surface area contributed by atoms with Crippen LogP contribution in [0.4, 0.5) is 0 Å². The Kier molecular flexibility index (Phi) is 3.65. The Morgan fingerprint density at radius 3 is 2.72 bits per heavy atom. The fourth-order valence-electron chi connectivity index (χ4n) is 1.85. The molecule has 2 rings (SSSR count). The summed E-state index contributed by atoms with van der Waals surface area (Å²) in [4.78, 5) is 4.40. The molecule has 2 heterocycles. The Hall–Kier alpha value is -1.84. The van der Waals surface area contributed by atoms with Crippen LogP contribution in [-0.2, 0) is 7.05 Å². The zero-order valence-corrected chi connectivity index (χ0v) is 11.3. The number of nitrogens with zero attached hydrogens (tertiary/aromatic N) is 3. The number of ether oxygens (including phenoxy) is 1. The third-order valence-electron chi connectivity index (χ3n) is 2.79. The highest BCUT2D eigenvalue weighted by molar-refractivity contribution is 5.59. The van der Waals surface area contributed by atoms with Gasteiger partial charge in [-0.05, 0) is 25.0 Å². The first kappa shape index (κ1) is 12.6. The van der Waals surface area contributed by atoms with Crippen LogP contribution in [0.2, 0.25) is 0 Å². The summed E-state index contributed by atoms with van der Waals surface area (Å²) in [5.74, 6) is 1.11. The van der Waals surface area contributed by atoms with E-state index in [-0.39, 0.29) is 0 Å². The van der Waals surface area contributed by atoms with Crippen molar-refractivity contribution in [1.29, 1.82) is 0 Å². The molecule has 0 unspecified atom stereocenters. The number of aryl methyl sites for hydroxylation is 1. The van der Waals surface area contributed by atoms with Crippen LogP contribution < -0.4 is 4.74 Å². The molecule has 2 aromatic rings. The van der Waals surface area contributed by atoms with Crippen molar-refractivity contribution in [2.24, 2.45) is 7.05 Å². The first-order chi connectivity index (χ1) is 8.61. The van der Waals surface area contributed by atoms with E-state index < -0.39 is 0 Å². The van der Waals surface area contributed by atoms with Gasteiger partial charge in [0.15, 0.2) is 0 Å². The minimum absolute atomic E-state index is 0.378. The minimum Gasteiger partial charge on any atom is -0.478 e. The van der Waals surface area contributed by atoms with Crippen molar-refractivity contribution < 1.29 is 4.74 Å². The number of aromatic nitrogens is 3. The molecule has 0 saturated heterocycles. The summed E-state index contributed by atoms with van der Waals surface area (Å²) >= 11 is 0. The lowest BCUT2D eigenvalue weighted by atomic mass is 10.0. The van der Waals surface area contributed by atoms with E-state index >= 15 is 0 Å². The molecule has 0 spiro atoms. The Morgan fingerprint density at radius 2 is 2.17 bits per heavy atom. The van der Waals surface area contributed by atoms with Gasteiger partial charge in [0.25, 0.3) is 0 Å². The predicted molar refractivity (Wildman–Crippen MR) is 71.7 cm³/mol. The van der Waals surface area contributed by atoms with Crippen LogP contribution in [0.25, 0.3) is 11.3 Å². The lowest BCUT2D eigenvalue weighted by Gasteiger charge is -2.12. The molecule has 0 saturated carbocycles. The summed E-state index contributed by atoms with van der Waals surface area (Å²) in [6, 6.07) is 4.10. The number of hydrogen-bond acceptors (Lipinski definition) is 3. The van der Waals surface area contributed by atoms with Crippen molar-refractivity contribution in [2.45, 2.75) is 26.7 Å². The molecule has 18 heavy (non-hydrogen) atoms. The molecule has 0 aliphatic heterocycles. The van der Waals surface area contributed by atoms with Crippen LogP contribution in [0, 0.1) is 0 Å². The maximum absolute atomic E-state index is 5.56. The summed E-state index contributed by atoms with van der Waals surface area (Å²) in [5, 5.41) is 4.39. The van der Waals surface area contributed by atoms with Crippen LogP contribution in [0.1, 0.15) is 32.3 Å². The van der Waals surface area contributed by atoms with E-state index in [4.69, 9.17) is 4.74 Å². The quantitative estimate of drug-likeness (QED) is 0.831. The van der Waals surface area contributed by atoms with Gasteiger partial charge in [0, 0.05) is 30.6 Å². The zero-order valence-electron chi connectivity index (χ0n) is 11.3. The third-order valence-corrected chi connectivity index (χ3v) is 2.79. The van der Waals surface area contributed by atoms with Gasteiger partial charge in [-0.3, -0.25) is 4.68 Å². The average molecular weight is 245 g/mol. The third kappa shape index (κ3) is 2.53. The van der Waals surface area contributed by atoms with Crippen LogP contribution in [0.15, 0.2) is 24.5 Å². The SMILES string of the molecule is CCOc1ncc(-c2ccn(C)n2)cc1C(C)C. The number of pyridine rings is 1. The molecule has 2 aromatic heterocycles. The summed E-state index contributed by atoms with van der Waals surface area (Å²) in [6.07, 6.45) is 3.75. The first-order valence-corrected chi connectivity index (χ1v) is 6.24. The van der Waals surface area contributed by atoms with Gasteiger partial charge >= 0.3 is 0 Å². The second-order valence-electron chi connectivity index (χ2n) is 4.58. The molecule has 0 N–H and O–H groups in total. The lowest BCUT2D eigenvalue weighted by Crippen LogP contribution is -2.01. The molecule has 0 aliphatic rings. The lowest BCUT2D eigenvalue weighted by molar-refractivity contribution is 0.321. The predicted octanol–water partition coefficient (Wildman–Crippen LogP) is 3.00. The highest BCUT2D eigenvalue weighted by atomic mass is 16.5. The number of hydrogen-bond donors (Lipinski definition) is 0. The summed E-state index contributed by atoms with van der Waals surface area (Å²) in [7, 11) is 1.91. The fourth-order valence-corrected chi connectivity index (χ4v) is 1.85. The van der Waals surface area contributed by atoms with Crippen molar-refractivity contribution in [3.05, 3.63) is 30.1 Å². The van der Waals surface area contributed by atoms with Crippen molar-refractivity contribution in [3.8, 4) is 17.1 Å². The molecule has 4 nitrogen and oxygen atoms in total. The smallest absolute Gasteiger partial charge is 0.216 e. The Balaban J connectivity index is 2.42. The summed E-state index contributed by atoms with van der Waals surface area (Å²) in [6.45, 7) is 6.89. The van der Waals surface area contributed by atoms with Crippen LogP contribution >= 0.6 is 0 Å². The van der Waals surface area contributed by atoms with E-state index in [1.54, 1.807) is 4.68 Å². The summed E-state index contributed by atoms with van der Waals surface area (Å²) in [5.41, 5.74) is 3.10. The molecular formula is C14H19N3O. The Morgan fingerprint density at radius 1 is 1.39 bits per heavy atom. The van der Waals surface area contributed by atoms with Crippen LogP contribution in [-0.4, -0.2) is 21.4 Å². The Bertz CT molecular complexity index is 532. The Labute approximate surface area is 108 Å². The summed E-state index contributed by atoms with van der Waals surface area (Å²) < 4.78 is 7.35. The minimum atomic E-state index is 0.378. The highest BCUT2D eigenvalue weighted by Gasteiger charge is 2.12. The molecule has 0 radical (unpaired) electrons. The van der Waals surface area contributed by atoms with E-state index in [9.17, 15) is 0 Å². The van der Waals surface area contributed by atoms with Crippen molar-refractivity contribution in [3.63, 3.8) is 0 Å². The van der Waals surface area contributed by atoms with E-state index in [1.807, 2.05) is 32.4 Å². The molecule has 0 fully saturated rings. The van der Waals surface area contributed by atoms with Crippen LogP contribution in [0.3, 0.4) is 0 Å². The maximum Gasteiger partial charge on any atom is 0.216 e. The van der Waals surface area contributed by atoms with Gasteiger partial charge in [-0.1, -0.05) is 13.8 Å². The van der Waals surface area contributed by atoms with E-state index in [0.717, 1.165) is 22.7 Å². The molecule has 4 heteroatoms. The van der Waals surface area contributed by atoms with Gasteiger partial charge in [-0.2, -0.15) is 5.10 Å². The normalized spacial score (nSPS) is 10.9.